The number of likely N-dealkylation sites (tertiary alicyclic amines) is 1. The van der Waals surface area contributed by atoms with Crippen LogP contribution in [0.25, 0.3) is 22.4 Å². The molecule has 29 heavy (non-hydrogen) atoms. The van der Waals surface area contributed by atoms with Crippen LogP contribution >= 0.6 is 11.6 Å². The SMILES string of the molecule is CC(C(=O)O)N1CCC[C@H](Nc2nc(-c3c[nH]c4ncc(Cl)cc34)ncc2F)C1. The molecule has 0 amide bonds. The third kappa shape index (κ3) is 4.01. The first-order valence-electron chi connectivity index (χ1n) is 9.31. The molecule has 8 nitrogen and oxygen atoms in total. The monoisotopic (exact) mass is 418 g/mol. The maximum atomic E-state index is 14.4. The van der Waals surface area contributed by atoms with Gasteiger partial charge in [-0.1, -0.05) is 11.6 Å². The zero-order valence-corrected chi connectivity index (χ0v) is 16.4. The quantitative estimate of drug-likeness (QED) is 0.584. The average Bonchev–Trinajstić information content (AvgIpc) is 3.12. The van der Waals surface area contributed by atoms with Crippen molar-refractivity contribution in [3.05, 3.63) is 35.5 Å². The van der Waals surface area contributed by atoms with Crippen molar-refractivity contribution in [1.82, 2.24) is 24.8 Å². The molecule has 1 aliphatic rings. The number of carbonyl (C=O) groups is 1. The standard InChI is InChI=1S/C19H20ClFN6O2/c1-10(19(28)29)27-4-2-3-12(9-27)25-18-15(21)8-24-17(26-18)14-7-23-16-13(14)5-11(20)6-22-16/h5-8,10,12H,2-4,9H2,1H3,(H,22,23)(H,28,29)(H,24,25,26)/t10?,12-/m0/s1. The minimum absolute atomic E-state index is 0.0918. The molecule has 3 aromatic heterocycles. The molecule has 0 aliphatic carbocycles. The van der Waals surface area contributed by atoms with Crippen LogP contribution in [0.3, 0.4) is 0 Å². The summed E-state index contributed by atoms with van der Waals surface area (Å²) < 4.78 is 14.4. The minimum Gasteiger partial charge on any atom is -0.480 e. The first-order chi connectivity index (χ1) is 13.9. The summed E-state index contributed by atoms with van der Waals surface area (Å²) in [7, 11) is 0. The van der Waals surface area contributed by atoms with Crippen molar-refractivity contribution in [2.75, 3.05) is 18.4 Å². The molecule has 0 bridgehead atoms. The number of halogens is 2. The van der Waals surface area contributed by atoms with E-state index < -0.39 is 17.8 Å². The highest BCUT2D eigenvalue weighted by Crippen LogP contribution is 2.28. The van der Waals surface area contributed by atoms with Crippen molar-refractivity contribution in [2.45, 2.75) is 31.8 Å². The van der Waals surface area contributed by atoms with Gasteiger partial charge in [0.25, 0.3) is 0 Å². The normalized spacial score (nSPS) is 18.7. The predicted octanol–water partition coefficient (Wildman–Crippen LogP) is 3.16. The Balaban J connectivity index is 1.59. The molecule has 0 spiro atoms. The highest BCUT2D eigenvalue weighted by molar-refractivity contribution is 6.31. The van der Waals surface area contributed by atoms with Gasteiger partial charge in [-0.2, -0.15) is 0 Å². The first-order valence-corrected chi connectivity index (χ1v) is 9.69. The zero-order valence-electron chi connectivity index (χ0n) is 15.7. The molecule has 4 rings (SSSR count). The molecular weight excluding hydrogens is 399 g/mol. The largest absolute Gasteiger partial charge is 0.480 e. The number of aromatic nitrogens is 4. The molecule has 1 fully saturated rings. The molecule has 0 saturated carbocycles. The third-order valence-corrected chi connectivity index (χ3v) is 5.39. The van der Waals surface area contributed by atoms with E-state index in [1.807, 2.05) is 4.90 Å². The van der Waals surface area contributed by atoms with Gasteiger partial charge in [-0.15, -0.1) is 0 Å². The Hall–Kier alpha value is -2.78. The van der Waals surface area contributed by atoms with Crippen LogP contribution < -0.4 is 5.32 Å². The maximum absolute atomic E-state index is 14.4. The number of fused-ring (bicyclic) bond motifs is 1. The van der Waals surface area contributed by atoms with E-state index in [-0.39, 0.29) is 11.9 Å². The van der Waals surface area contributed by atoms with Crippen molar-refractivity contribution in [1.29, 1.82) is 0 Å². The van der Waals surface area contributed by atoms with Crippen molar-refractivity contribution < 1.29 is 14.3 Å². The van der Waals surface area contributed by atoms with E-state index in [0.29, 0.717) is 35.1 Å². The van der Waals surface area contributed by atoms with E-state index in [0.717, 1.165) is 24.4 Å². The third-order valence-electron chi connectivity index (χ3n) is 5.18. The Labute approximate surface area is 171 Å². The van der Waals surface area contributed by atoms with E-state index in [2.05, 4.69) is 25.3 Å². The van der Waals surface area contributed by atoms with Gasteiger partial charge in [0.15, 0.2) is 17.5 Å². The summed E-state index contributed by atoms with van der Waals surface area (Å²) in [6, 6.07) is 1.05. The summed E-state index contributed by atoms with van der Waals surface area (Å²) in [5, 5.41) is 13.6. The molecule has 1 saturated heterocycles. The highest BCUT2D eigenvalue weighted by Gasteiger charge is 2.28. The van der Waals surface area contributed by atoms with Crippen molar-refractivity contribution >= 4 is 34.4 Å². The highest BCUT2D eigenvalue weighted by atomic mass is 35.5. The van der Waals surface area contributed by atoms with E-state index >= 15 is 0 Å². The van der Waals surface area contributed by atoms with Gasteiger partial charge in [-0.05, 0) is 32.4 Å². The smallest absolute Gasteiger partial charge is 0.320 e. The minimum atomic E-state index is -0.868. The molecule has 2 atom stereocenters. The number of aliphatic carboxylic acids is 1. The van der Waals surface area contributed by atoms with E-state index in [1.165, 1.54) is 6.20 Å². The second kappa shape index (κ2) is 7.92. The number of hydrogen-bond donors (Lipinski definition) is 3. The van der Waals surface area contributed by atoms with Crippen LogP contribution in [0, 0.1) is 5.82 Å². The maximum Gasteiger partial charge on any atom is 0.320 e. The lowest BCUT2D eigenvalue weighted by Gasteiger charge is -2.35. The zero-order chi connectivity index (χ0) is 20.5. The molecule has 3 aromatic rings. The fourth-order valence-electron chi connectivity index (χ4n) is 3.59. The Morgan fingerprint density at radius 3 is 3.07 bits per heavy atom. The van der Waals surface area contributed by atoms with Crippen LogP contribution in [0.1, 0.15) is 19.8 Å². The lowest BCUT2D eigenvalue weighted by molar-refractivity contribution is -0.143. The fraction of sp³-hybridized carbons (Fsp3) is 0.368. The lowest BCUT2D eigenvalue weighted by Crippen LogP contribution is -2.49. The number of nitrogens with one attached hydrogen (secondary N) is 2. The number of aromatic amines is 1. The lowest BCUT2D eigenvalue weighted by atomic mass is 10.0. The van der Waals surface area contributed by atoms with Gasteiger partial charge in [0.05, 0.1) is 11.2 Å². The van der Waals surface area contributed by atoms with Gasteiger partial charge >= 0.3 is 5.97 Å². The van der Waals surface area contributed by atoms with Gasteiger partial charge in [0.2, 0.25) is 0 Å². The number of anilines is 1. The molecule has 0 radical (unpaired) electrons. The fourth-order valence-corrected chi connectivity index (χ4v) is 3.74. The topological polar surface area (TPSA) is 107 Å². The van der Waals surface area contributed by atoms with Gasteiger partial charge in [-0.3, -0.25) is 9.69 Å². The summed E-state index contributed by atoms with van der Waals surface area (Å²) >= 11 is 6.05. The van der Waals surface area contributed by atoms with Gasteiger partial charge < -0.3 is 15.4 Å². The number of piperidine rings is 1. The second-order valence-electron chi connectivity index (χ2n) is 7.13. The molecular formula is C19H20ClFN6O2. The Bertz CT molecular complexity index is 1060. The Morgan fingerprint density at radius 2 is 2.28 bits per heavy atom. The first kappa shape index (κ1) is 19.5. The molecule has 0 aromatic carbocycles. The van der Waals surface area contributed by atoms with E-state index in [1.54, 1.807) is 19.2 Å². The average molecular weight is 419 g/mol. The van der Waals surface area contributed by atoms with Crippen LogP contribution in [0.2, 0.25) is 5.02 Å². The molecule has 4 heterocycles. The number of carboxylic acids is 1. The van der Waals surface area contributed by atoms with Gasteiger partial charge in [0, 0.05) is 35.9 Å². The summed E-state index contributed by atoms with van der Waals surface area (Å²) in [5.41, 5.74) is 1.31. The van der Waals surface area contributed by atoms with Crippen molar-refractivity contribution in [3.8, 4) is 11.4 Å². The number of H-pyrrole nitrogens is 1. The van der Waals surface area contributed by atoms with Gasteiger partial charge in [0.1, 0.15) is 11.7 Å². The Kier molecular flexibility index (Phi) is 5.33. The molecule has 1 unspecified atom stereocenters. The molecule has 1 aliphatic heterocycles. The Morgan fingerprint density at radius 1 is 1.45 bits per heavy atom. The van der Waals surface area contributed by atoms with Gasteiger partial charge in [-0.25, -0.2) is 19.3 Å². The predicted molar refractivity (Wildman–Crippen MR) is 107 cm³/mol. The summed E-state index contributed by atoms with van der Waals surface area (Å²) in [5.74, 6) is -0.995. The number of carboxylic acid groups (broad SMARTS) is 1. The van der Waals surface area contributed by atoms with Crippen LogP contribution in [0.4, 0.5) is 10.2 Å². The summed E-state index contributed by atoms with van der Waals surface area (Å²) in [6.07, 6.45) is 6.00. The van der Waals surface area contributed by atoms with Crippen LogP contribution in [0.5, 0.6) is 0 Å². The van der Waals surface area contributed by atoms with Crippen molar-refractivity contribution in [3.63, 3.8) is 0 Å². The number of hydrogen-bond acceptors (Lipinski definition) is 6. The second-order valence-corrected chi connectivity index (χ2v) is 7.57. The van der Waals surface area contributed by atoms with E-state index in [4.69, 9.17) is 11.6 Å². The molecule has 10 heteroatoms. The summed E-state index contributed by atoms with van der Waals surface area (Å²) in [6.45, 7) is 2.86. The van der Waals surface area contributed by atoms with Crippen LogP contribution in [0.15, 0.2) is 24.7 Å². The van der Waals surface area contributed by atoms with E-state index in [9.17, 15) is 14.3 Å². The van der Waals surface area contributed by atoms with Crippen LogP contribution in [-0.4, -0.2) is 61.1 Å². The molecule has 3 N–H and O–H groups in total. The number of rotatable bonds is 5. The molecule has 152 valence electrons. The van der Waals surface area contributed by atoms with Crippen molar-refractivity contribution in [2.24, 2.45) is 0 Å². The number of pyridine rings is 1. The summed E-state index contributed by atoms with van der Waals surface area (Å²) in [4.78, 5) is 28.9. The van der Waals surface area contributed by atoms with Crippen LogP contribution in [-0.2, 0) is 4.79 Å². The number of nitrogens with zero attached hydrogens (tertiary/aromatic N) is 4.